The van der Waals surface area contributed by atoms with E-state index in [1.807, 2.05) is 6.07 Å². The van der Waals surface area contributed by atoms with Crippen molar-refractivity contribution in [2.24, 2.45) is 5.14 Å². The summed E-state index contributed by atoms with van der Waals surface area (Å²) in [4.78, 5) is 7.93. The number of hydrogen-bond donors (Lipinski definition) is 3. The Morgan fingerprint density at radius 3 is 2.93 bits per heavy atom. The molecule has 12 nitrogen and oxygen atoms in total. The van der Waals surface area contributed by atoms with Gasteiger partial charge in [-0.25, -0.2) is 24.2 Å². The molecule has 0 amide bonds. The van der Waals surface area contributed by atoms with Gasteiger partial charge in [0, 0.05) is 0 Å². The van der Waals surface area contributed by atoms with Crippen molar-refractivity contribution in [2.75, 3.05) is 12.3 Å². The van der Waals surface area contributed by atoms with Gasteiger partial charge in [-0.05, 0) is 6.92 Å². The number of anilines is 1. The van der Waals surface area contributed by atoms with E-state index in [9.17, 15) is 17.9 Å². The number of aromatic nitrogens is 4. The van der Waals surface area contributed by atoms with Gasteiger partial charge in [0.2, 0.25) is 0 Å². The van der Waals surface area contributed by atoms with E-state index in [0.717, 1.165) is 22.8 Å². The number of nitrogens with zero attached hydrogens (tertiary/aromatic N) is 5. The fraction of sp³-hybridized carbons (Fsp3) is 0.538. The summed E-state index contributed by atoms with van der Waals surface area (Å²) in [5.74, 6) is 0.0759. The van der Waals surface area contributed by atoms with E-state index in [1.165, 1.54) is 0 Å². The predicted molar refractivity (Wildman–Crippen MR) is 94.5 cm³/mol. The monoisotopic (exact) mass is 433 g/mol. The lowest BCUT2D eigenvalue weighted by atomic mass is 10.1. The van der Waals surface area contributed by atoms with E-state index in [-0.39, 0.29) is 16.5 Å². The summed E-state index contributed by atoms with van der Waals surface area (Å²) in [5.41, 5.74) is 6.02. The van der Waals surface area contributed by atoms with Gasteiger partial charge in [0.15, 0.2) is 18.0 Å². The lowest BCUT2D eigenvalue weighted by Gasteiger charge is -2.14. The van der Waals surface area contributed by atoms with Crippen LogP contribution < -0.4 is 10.9 Å². The van der Waals surface area contributed by atoms with Crippen LogP contribution in [0.1, 0.15) is 13.2 Å². The molecule has 2 aromatic heterocycles. The Hall–Kier alpha value is -2.09. The maximum absolute atomic E-state index is 14.7. The molecule has 0 radical (unpaired) electrons. The van der Waals surface area contributed by atoms with Crippen molar-refractivity contribution in [1.82, 2.24) is 19.7 Å². The lowest BCUT2D eigenvalue weighted by Crippen LogP contribution is -2.33. The number of hydrogen-bond acceptors (Lipinski definition) is 11. The molecule has 3 heterocycles. The number of aliphatic hydroxyl groups is 1. The fourth-order valence-corrected chi connectivity index (χ4v) is 3.78. The number of thioether (sulfide) groups is 1. The molecular formula is C13H16FN7O5S2. The minimum Gasteiger partial charge on any atom is -0.387 e. The van der Waals surface area contributed by atoms with Crippen molar-refractivity contribution >= 4 is 38.9 Å². The normalized spacial score (nSPS) is 26.4. The molecule has 1 aliphatic rings. The zero-order chi connectivity index (χ0) is 20.6. The SMILES string of the molecule is C[C@H](C#N)Sc1nn([C@@H]2O[C@H](COS(N)(=O)=O)[C@@H](O)[C@@H]2F)c2ncnc(N)c12. The van der Waals surface area contributed by atoms with E-state index in [0.29, 0.717) is 5.39 Å². The zero-order valence-electron chi connectivity index (χ0n) is 14.3. The molecule has 0 unspecified atom stereocenters. The molecule has 152 valence electrons. The van der Waals surface area contributed by atoms with Crippen LogP contribution in [0.25, 0.3) is 11.0 Å². The van der Waals surface area contributed by atoms with Crippen molar-refractivity contribution in [3.8, 4) is 6.07 Å². The highest BCUT2D eigenvalue weighted by Gasteiger charge is 2.47. The number of aliphatic hydroxyl groups excluding tert-OH is 1. The molecule has 3 rings (SSSR count). The average Bonchev–Trinajstić information content (AvgIpc) is 3.12. The van der Waals surface area contributed by atoms with E-state index in [2.05, 4.69) is 19.2 Å². The van der Waals surface area contributed by atoms with Crippen LogP contribution in [-0.2, 0) is 19.2 Å². The van der Waals surface area contributed by atoms with Crippen LogP contribution in [-0.4, -0.2) is 63.5 Å². The first-order valence-electron chi connectivity index (χ1n) is 7.82. The van der Waals surface area contributed by atoms with Crippen LogP contribution >= 0.6 is 11.8 Å². The Morgan fingerprint density at radius 1 is 1.57 bits per heavy atom. The van der Waals surface area contributed by atoms with Crippen molar-refractivity contribution in [2.45, 2.75) is 41.8 Å². The summed E-state index contributed by atoms with van der Waals surface area (Å²) < 4.78 is 47.4. The molecule has 1 fully saturated rings. The topological polar surface area (TPSA) is 192 Å². The molecule has 2 aromatic rings. The van der Waals surface area contributed by atoms with Gasteiger partial charge in [-0.2, -0.15) is 18.8 Å². The van der Waals surface area contributed by atoms with E-state index >= 15 is 0 Å². The second-order valence-electron chi connectivity index (χ2n) is 5.87. The highest BCUT2D eigenvalue weighted by molar-refractivity contribution is 8.00. The fourth-order valence-electron chi connectivity index (χ4n) is 2.62. The highest BCUT2D eigenvalue weighted by Crippen LogP contribution is 2.38. The highest BCUT2D eigenvalue weighted by atomic mass is 32.2. The third-order valence-corrected chi connectivity index (χ3v) is 5.32. The third-order valence-electron chi connectivity index (χ3n) is 3.89. The molecule has 1 saturated heterocycles. The van der Waals surface area contributed by atoms with Crippen LogP contribution in [0.15, 0.2) is 11.4 Å². The van der Waals surface area contributed by atoms with Gasteiger partial charge in [0.1, 0.15) is 29.4 Å². The van der Waals surface area contributed by atoms with Gasteiger partial charge < -0.3 is 15.6 Å². The van der Waals surface area contributed by atoms with E-state index < -0.39 is 46.8 Å². The quantitative estimate of drug-likeness (QED) is 0.484. The minimum absolute atomic E-state index is 0.0759. The molecule has 0 aromatic carbocycles. The third kappa shape index (κ3) is 4.01. The molecule has 1 aliphatic heterocycles. The number of nitrogens with two attached hydrogens (primary N) is 2. The van der Waals surface area contributed by atoms with Crippen molar-refractivity contribution in [1.29, 1.82) is 5.26 Å². The van der Waals surface area contributed by atoms with Crippen LogP contribution in [0.5, 0.6) is 0 Å². The summed E-state index contributed by atoms with van der Waals surface area (Å²) in [6, 6.07) is 2.03. The summed E-state index contributed by atoms with van der Waals surface area (Å²) in [5, 5.41) is 28.2. The number of alkyl halides is 1. The summed E-state index contributed by atoms with van der Waals surface area (Å²) >= 11 is 1.07. The van der Waals surface area contributed by atoms with Crippen LogP contribution in [0.4, 0.5) is 10.2 Å². The van der Waals surface area contributed by atoms with E-state index in [1.54, 1.807) is 6.92 Å². The van der Waals surface area contributed by atoms with Crippen LogP contribution in [0, 0.1) is 11.3 Å². The second kappa shape index (κ2) is 7.73. The molecule has 5 N–H and O–H groups in total. The zero-order valence-corrected chi connectivity index (χ0v) is 16.0. The van der Waals surface area contributed by atoms with Crippen LogP contribution in [0.3, 0.4) is 0 Å². The molecule has 15 heteroatoms. The Labute approximate surface area is 162 Å². The van der Waals surface area contributed by atoms with Crippen molar-refractivity contribution < 1.29 is 26.8 Å². The van der Waals surface area contributed by atoms with Gasteiger partial charge in [0.25, 0.3) is 0 Å². The van der Waals surface area contributed by atoms with Gasteiger partial charge in [-0.15, -0.1) is 0 Å². The Kier molecular flexibility index (Phi) is 5.70. The molecule has 28 heavy (non-hydrogen) atoms. The number of ether oxygens (including phenoxy) is 1. The minimum atomic E-state index is -4.29. The number of halogens is 1. The standard InChI is InChI=1S/C13H16FN7O5S2/c1-5(2-15)27-12-7-10(16)18-4-19-11(7)21(20-12)13-8(14)9(22)6(26-13)3-25-28(17,23)24/h4-6,8-9,13,22H,3H2,1H3,(H2,16,18,19)(H2,17,23,24)/t5-,6-,8+,9-,13-/m1/s1. The summed E-state index contributed by atoms with van der Waals surface area (Å²) in [6.45, 7) is 0.963. The first-order chi connectivity index (χ1) is 13.1. The van der Waals surface area contributed by atoms with Gasteiger partial charge in [-0.1, -0.05) is 11.8 Å². The Morgan fingerprint density at radius 2 is 2.29 bits per heavy atom. The average molecular weight is 433 g/mol. The molecule has 0 saturated carbocycles. The van der Waals surface area contributed by atoms with Crippen LogP contribution in [0.2, 0.25) is 0 Å². The van der Waals surface area contributed by atoms with Gasteiger partial charge >= 0.3 is 10.3 Å². The maximum atomic E-state index is 14.7. The number of fused-ring (bicyclic) bond motifs is 1. The molecule has 0 aliphatic carbocycles. The smallest absolute Gasteiger partial charge is 0.333 e. The predicted octanol–water partition coefficient (Wildman–Crippen LogP) is -0.771. The lowest BCUT2D eigenvalue weighted by molar-refractivity contribution is -0.0456. The largest absolute Gasteiger partial charge is 0.387 e. The number of rotatable bonds is 6. The molecule has 5 atom stereocenters. The molecular weight excluding hydrogens is 417 g/mol. The Balaban J connectivity index is 1.97. The summed E-state index contributed by atoms with van der Waals surface area (Å²) in [6.07, 6.45) is -5.27. The number of nitriles is 1. The van der Waals surface area contributed by atoms with Gasteiger partial charge in [-0.3, -0.25) is 4.18 Å². The van der Waals surface area contributed by atoms with E-state index in [4.69, 9.17) is 20.9 Å². The first kappa shape index (κ1) is 20.6. The Bertz CT molecular complexity index is 1030. The first-order valence-corrected chi connectivity index (χ1v) is 10.2. The molecule has 0 bridgehead atoms. The maximum Gasteiger partial charge on any atom is 0.333 e. The second-order valence-corrected chi connectivity index (χ2v) is 8.42. The van der Waals surface area contributed by atoms with Gasteiger partial charge in [0.05, 0.1) is 23.3 Å². The van der Waals surface area contributed by atoms with Crippen molar-refractivity contribution in [3.63, 3.8) is 0 Å². The van der Waals surface area contributed by atoms with Crippen molar-refractivity contribution in [3.05, 3.63) is 6.33 Å². The molecule has 0 spiro atoms. The number of nitrogen functional groups attached to an aromatic ring is 1. The summed E-state index contributed by atoms with van der Waals surface area (Å²) in [7, 11) is -4.29.